The molecule has 0 aliphatic carbocycles. The standard InChI is InChI=1S/C18H15N5O3/c1-26-18(25)15-9-12(6-7-20-15)21-10-16(23-19)13-8-11-4-2-3-5-14(11)22-17(13)24/h2-10,19H,1H3,(H,20,21)(H,22,24)/p+1. The molecule has 0 aliphatic heterocycles. The van der Waals surface area contributed by atoms with Crippen molar-refractivity contribution >= 4 is 28.3 Å². The normalized spacial score (nSPS) is 11.3. The van der Waals surface area contributed by atoms with E-state index in [2.05, 4.69) is 19.8 Å². The molecule has 0 radical (unpaired) electrons. The van der Waals surface area contributed by atoms with E-state index >= 15 is 0 Å². The highest BCUT2D eigenvalue weighted by molar-refractivity contribution is 5.87. The molecular weight excluding hydrogens is 334 g/mol. The smallest absolute Gasteiger partial charge is 0.356 e. The third kappa shape index (κ3) is 3.55. The minimum atomic E-state index is -0.541. The Balaban J connectivity index is 1.94. The number of aromatic nitrogens is 2. The van der Waals surface area contributed by atoms with E-state index in [0.29, 0.717) is 11.2 Å². The molecule has 8 heteroatoms. The number of hydrogen-bond donors (Lipinski definition) is 3. The largest absolute Gasteiger partial charge is 0.464 e. The van der Waals surface area contributed by atoms with Crippen LogP contribution in [-0.2, 0) is 4.74 Å². The summed E-state index contributed by atoms with van der Waals surface area (Å²) < 4.78 is 4.64. The van der Waals surface area contributed by atoms with E-state index < -0.39 is 5.97 Å². The van der Waals surface area contributed by atoms with Crippen molar-refractivity contribution in [2.45, 2.75) is 0 Å². The summed E-state index contributed by atoms with van der Waals surface area (Å²) in [5.41, 5.74) is 9.12. The predicted octanol–water partition coefficient (Wildman–Crippen LogP) is 1.93. The van der Waals surface area contributed by atoms with Crippen LogP contribution in [0.2, 0.25) is 0 Å². The summed E-state index contributed by atoms with van der Waals surface area (Å²) in [5, 5.41) is 5.96. The van der Waals surface area contributed by atoms with Crippen molar-refractivity contribution in [1.29, 1.82) is 5.53 Å². The quantitative estimate of drug-likeness (QED) is 0.480. The van der Waals surface area contributed by atoms with E-state index in [1.165, 1.54) is 13.3 Å². The molecule has 0 aliphatic rings. The van der Waals surface area contributed by atoms with Crippen molar-refractivity contribution in [1.82, 2.24) is 9.97 Å². The third-order valence-corrected chi connectivity index (χ3v) is 3.76. The fourth-order valence-electron chi connectivity index (χ4n) is 2.47. The summed E-state index contributed by atoms with van der Waals surface area (Å²) in [6, 6.07) is 12.3. The van der Waals surface area contributed by atoms with Crippen LogP contribution in [0, 0.1) is 5.53 Å². The van der Waals surface area contributed by atoms with Crippen LogP contribution >= 0.6 is 0 Å². The topological polar surface area (TPSA) is 125 Å². The van der Waals surface area contributed by atoms with Crippen molar-refractivity contribution in [3.63, 3.8) is 0 Å². The molecule has 3 rings (SSSR count). The lowest BCUT2D eigenvalue weighted by Gasteiger charge is -2.03. The second-order valence-electron chi connectivity index (χ2n) is 5.40. The van der Waals surface area contributed by atoms with E-state index in [1.807, 2.05) is 18.2 Å². The molecule has 4 N–H and O–H groups in total. The van der Waals surface area contributed by atoms with Crippen LogP contribution in [0.5, 0.6) is 0 Å². The van der Waals surface area contributed by atoms with Crippen molar-refractivity contribution in [3.8, 4) is 0 Å². The average molecular weight is 350 g/mol. The van der Waals surface area contributed by atoms with Gasteiger partial charge in [-0.05, 0) is 17.5 Å². The summed E-state index contributed by atoms with van der Waals surface area (Å²) in [6.07, 6.45) is 3.02. The number of nitrogens with zero attached hydrogens (tertiary/aromatic N) is 2. The van der Waals surface area contributed by atoms with Crippen molar-refractivity contribution in [2.75, 3.05) is 7.11 Å². The monoisotopic (exact) mass is 350 g/mol. The Morgan fingerprint density at radius 2 is 2.12 bits per heavy atom. The van der Waals surface area contributed by atoms with Gasteiger partial charge in [0, 0.05) is 23.8 Å². The number of carbonyl (C=O) groups is 1. The van der Waals surface area contributed by atoms with Gasteiger partial charge in [0.2, 0.25) is 0 Å². The van der Waals surface area contributed by atoms with Crippen LogP contribution in [0.3, 0.4) is 0 Å². The van der Waals surface area contributed by atoms with Crippen LogP contribution in [0.25, 0.3) is 16.6 Å². The highest BCUT2D eigenvalue weighted by Crippen LogP contribution is 2.16. The first kappa shape index (κ1) is 17.2. The Hall–Kier alpha value is -3.65. The summed E-state index contributed by atoms with van der Waals surface area (Å²) in [7, 11) is 1.28. The Bertz CT molecular complexity index is 1070. The van der Waals surface area contributed by atoms with E-state index in [0.717, 1.165) is 5.39 Å². The van der Waals surface area contributed by atoms with Gasteiger partial charge >= 0.3 is 5.97 Å². The predicted molar refractivity (Wildman–Crippen MR) is 94.9 cm³/mol. The zero-order valence-corrected chi connectivity index (χ0v) is 13.9. The van der Waals surface area contributed by atoms with E-state index in [1.54, 1.807) is 35.8 Å². The van der Waals surface area contributed by atoms with Crippen molar-refractivity contribution in [2.24, 2.45) is 5.11 Å². The summed E-state index contributed by atoms with van der Waals surface area (Å²) in [5.74, 6) is -0.541. The number of ether oxygens (including phenoxy) is 1. The molecule has 0 fully saturated rings. The first-order valence-corrected chi connectivity index (χ1v) is 7.71. The zero-order chi connectivity index (χ0) is 18.5. The third-order valence-electron chi connectivity index (χ3n) is 3.76. The Morgan fingerprint density at radius 3 is 2.88 bits per heavy atom. The van der Waals surface area contributed by atoms with Gasteiger partial charge in [0.15, 0.2) is 11.4 Å². The molecule has 130 valence electrons. The number of fused-ring (bicyclic) bond motifs is 1. The summed E-state index contributed by atoms with van der Waals surface area (Å²) in [6.45, 7) is 0. The maximum absolute atomic E-state index is 12.3. The molecule has 3 aromatic rings. The molecule has 0 amide bonds. The number of aromatic amines is 1. The molecule has 26 heavy (non-hydrogen) atoms. The number of pyridine rings is 2. The maximum Gasteiger partial charge on any atom is 0.356 e. The number of nitrogens with one attached hydrogen (secondary N) is 2. The molecular formula is C18H16N5O3+. The van der Waals surface area contributed by atoms with Gasteiger partial charge in [-0.1, -0.05) is 18.2 Å². The van der Waals surface area contributed by atoms with E-state index in [9.17, 15) is 9.59 Å². The minimum absolute atomic E-state index is 0.169. The number of para-hydroxylation sites is 1. The lowest BCUT2D eigenvalue weighted by atomic mass is 10.1. The molecule has 0 saturated heterocycles. The molecule has 0 bridgehead atoms. The van der Waals surface area contributed by atoms with Gasteiger partial charge in [-0.2, -0.15) is 5.11 Å². The van der Waals surface area contributed by atoms with Gasteiger partial charge in [0.1, 0.15) is 11.9 Å². The number of H-pyrrole nitrogens is 1. The number of carbonyl (C=O) groups excluding carboxylic acids is 1. The summed E-state index contributed by atoms with van der Waals surface area (Å²) in [4.78, 5) is 30.6. The molecule has 0 spiro atoms. The second kappa shape index (κ2) is 7.49. The molecule has 1 aromatic carbocycles. The lowest BCUT2D eigenvalue weighted by molar-refractivity contribution is -0.495. The number of esters is 1. The number of quaternary nitrogens is 1. The fraction of sp³-hybridized carbons (Fsp3) is 0.0556. The number of nitrogens with two attached hydrogens (primary N) is 1. The molecule has 2 heterocycles. The lowest BCUT2D eigenvalue weighted by Crippen LogP contribution is -2.71. The molecule has 2 aromatic heterocycles. The summed E-state index contributed by atoms with van der Waals surface area (Å²) >= 11 is 0. The van der Waals surface area contributed by atoms with Gasteiger partial charge < -0.3 is 9.72 Å². The average Bonchev–Trinajstić information content (AvgIpc) is 2.68. The number of methoxy groups -OCH3 is 1. The van der Waals surface area contributed by atoms with Gasteiger partial charge in [-0.3, -0.25) is 10.1 Å². The number of hydrogen-bond acceptors (Lipinski definition) is 6. The van der Waals surface area contributed by atoms with E-state index in [4.69, 9.17) is 5.53 Å². The van der Waals surface area contributed by atoms with Crippen molar-refractivity contribution in [3.05, 3.63) is 76.5 Å². The van der Waals surface area contributed by atoms with Crippen LogP contribution in [0.1, 0.15) is 16.1 Å². The van der Waals surface area contributed by atoms with E-state index in [-0.39, 0.29) is 22.5 Å². The van der Waals surface area contributed by atoms with Gasteiger partial charge in [-0.25, -0.2) is 15.3 Å². The molecule has 0 saturated carbocycles. The SMILES string of the molecule is COC(=O)c1cc([NH2+]C=C(N=N)c2cc3ccccc3[nH]c2=O)ccn1. The van der Waals surface area contributed by atoms with Crippen LogP contribution in [0.15, 0.2) is 64.8 Å². The highest BCUT2D eigenvalue weighted by Gasteiger charge is 2.12. The van der Waals surface area contributed by atoms with Crippen LogP contribution in [0.4, 0.5) is 5.69 Å². The van der Waals surface area contributed by atoms with Crippen LogP contribution in [-0.4, -0.2) is 23.0 Å². The minimum Gasteiger partial charge on any atom is -0.464 e. The molecule has 0 unspecified atom stereocenters. The zero-order valence-electron chi connectivity index (χ0n) is 13.9. The number of benzene rings is 1. The maximum atomic E-state index is 12.3. The fourth-order valence-corrected chi connectivity index (χ4v) is 2.47. The Morgan fingerprint density at radius 1 is 1.31 bits per heavy atom. The second-order valence-corrected chi connectivity index (χ2v) is 5.40. The Kier molecular flexibility index (Phi) is 4.95. The van der Waals surface area contributed by atoms with Crippen LogP contribution < -0.4 is 10.9 Å². The first-order valence-electron chi connectivity index (χ1n) is 7.71. The van der Waals surface area contributed by atoms with Gasteiger partial charge in [0.05, 0.1) is 12.7 Å². The molecule has 0 atom stereocenters. The number of rotatable bonds is 5. The highest BCUT2D eigenvalue weighted by atomic mass is 16.5. The van der Waals surface area contributed by atoms with Gasteiger partial charge in [0.25, 0.3) is 5.56 Å². The first-order chi connectivity index (χ1) is 12.6. The molecule has 8 nitrogen and oxygen atoms in total. The Labute approximate surface area is 148 Å². The van der Waals surface area contributed by atoms with Gasteiger partial charge in [-0.15, -0.1) is 0 Å². The van der Waals surface area contributed by atoms with Crippen molar-refractivity contribution < 1.29 is 14.8 Å².